The van der Waals surface area contributed by atoms with E-state index in [4.69, 9.17) is 5.73 Å². The van der Waals surface area contributed by atoms with Gasteiger partial charge < -0.3 is 10.3 Å². The molecule has 2 rings (SSSR count). The molecule has 0 unspecified atom stereocenters. The molecule has 2 heterocycles. The van der Waals surface area contributed by atoms with Crippen molar-refractivity contribution in [3.63, 3.8) is 0 Å². The van der Waals surface area contributed by atoms with E-state index in [1.54, 1.807) is 12.4 Å². The molecule has 2 N–H and O–H groups in total. The molecule has 0 aromatic carbocycles. The van der Waals surface area contributed by atoms with Gasteiger partial charge in [-0.05, 0) is 23.9 Å². The van der Waals surface area contributed by atoms with Crippen LogP contribution in [0.1, 0.15) is 0 Å². The minimum atomic E-state index is 0.542. The van der Waals surface area contributed by atoms with Crippen molar-refractivity contribution in [1.29, 1.82) is 0 Å². The number of anilines is 1. The minimum absolute atomic E-state index is 0.542. The third kappa shape index (κ3) is 1.72. The Kier molecular flexibility index (Phi) is 2.41. The van der Waals surface area contributed by atoms with Crippen LogP contribution >= 0.6 is 11.8 Å². The van der Waals surface area contributed by atoms with Gasteiger partial charge in [0.1, 0.15) is 5.82 Å². The average Bonchev–Trinajstić information content (AvgIpc) is 2.56. The van der Waals surface area contributed by atoms with E-state index in [0.29, 0.717) is 5.82 Å². The molecule has 4 nitrogen and oxygen atoms in total. The van der Waals surface area contributed by atoms with Gasteiger partial charge in [0, 0.05) is 25.6 Å². The summed E-state index contributed by atoms with van der Waals surface area (Å²) in [6.45, 7) is 0. The van der Waals surface area contributed by atoms with Gasteiger partial charge in [-0.1, -0.05) is 0 Å². The molecule has 0 atom stereocenters. The summed E-state index contributed by atoms with van der Waals surface area (Å²) in [5.41, 5.74) is 5.72. The molecule has 2 aromatic heterocycles. The van der Waals surface area contributed by atoms with E-state index in [1.165, 1.54) is 11.8 Å². The monoisotopic (exact) mass is 206 g/mol. The lowest BCUT2D eigenvalue weighted by Gasteiger charge is -2.03. The SMILES string of the molecule is Cn1ccnc1Sc1cccnc1N. The Hall–Kier alpha value is -1.49. The first kappa shape index (κ1) is 9.08. The Balaban J connectivity index is 2.28. The van der Waals surface area contributed by atoms with Gasteiger partial charge in [0.15, 0.2) is 5.16 Å². The summed E-state index contributed by atoms with van der Waals surface area (Å²) in [5.74, 6) is 0.542. The Morgan fingerprint density at radius 3 is 2.86 bits per heavy atom. The van der Waals surface area contributed by atoms with Gasteiger partial charge in [-0.25, -0.2) is 9.97 Å². The van der Waals surface area contributed by atoms with Crippen LogP contribution in [-0.4, -0.2) is 14.5 Å². The molecule has 0 spiro atoms. The number of pyridine rings is 1. The Labute approximate surface area is 86.2 Å². The first-order valence-electron chi connectivity index (χ1n) is 4.13. The molecule has 0 aliphatic rings. The number of aromatic nitrogens is 3. The summed E-state index contributed by atoms with van der Waals surface area (Å²) < 4.78 is 1.94. The second-order valence-electron chi connectivity index (χ2n) is 2.81. The molecule has 14 heavy (non-hydrogen) atoms. The van der Waals surface area contributed by atoms with Gasteiger partial charge in [0.05, 0.1) is 4.90 Å². The summed E-state index contributed by atoms with van der Waals surface area (Å²) in [6, 6.07) is 3.79. The number of nitrogens with zero attached hydrogens (tertiary/aromatic N) is 3. The van der Waals surface area contributed by atoms with Gasteiger partial charge in [0.25, 0.3) is 0 Å². The topological polar surface area (TPSA) is 56.7 Å². The molecular formula is C9H10N4S. The van der Waals surface area contributed by atoms with E-state index >= 15 is 0 Å². The zero-order valence-electron chi connectivity index (χ0n) is 7.71. The third-order valence-corrected chi connectivity index (χ3v) is 2.92. The standard InChI is InChI=1S/C9H10N4S/c1-13-6-5-12-9(13)14-7-3-2-4-11-8(7)10/h2-6H,1H3,(H2,10,11). The second kappa shape index (κ2) is 3.71. The predicted octanol–water partition coefficient (Wildman–Crippen LogP) is 1.55. The van der Waals surface area contributed by atoms with Gasteiger partial charge in [-0.15, -0.1) is 0 Å². The predicted molar refractivity (Wildman–Crippen MR) is 56.0 cm³/mol. The van der Waals surface area contributed by atoms with Crippen molar-refractivity contribution >= 4 is 17.6 Å². The Morgan fingerprint density at radius 1 is 1.36 bits per heavy atom. The maximum Gasteiger partial charge on any atom is 0.172 e. The van der Waals surface area contributed by atoms with Crippen LogP contribution in [0.3, 0.4) is 0 Å². The number of nitrogens with two attached hydrogens (primary N) is 1. The highest BCUT2D eigenvalue weighted by molar-refractivity contribution is 7.99. The van der Waals surface area contributed by atoms with Crippen molar-refractivity contribution < 1.29 is 0 Å². The number of hydrogen-bond donors (Lipinski definition) is 1. The van der Waals surface area contributed by atoms with Crippen LogP contribution < -0.4 is 5.73 Å². The fourth-order valence-electron chi connectivity index (χ4n) is 1.04. The summed E-state index contributed by atoms with van der Waals surface area (Å²) in [4.78, 5) is 9.14. The van der Waals surface area contributed by atoms with Crippen LogP contribution in [0.25, 0.3) is 0 Å². The van der Waals surface area contributed by atoms with E-state index in [9.17, 15) is 0 Å². The highest BCUT2D eigenvalue weighted by Gasteiger charge is 2.05. The number of nitrogen functional groups attached to an aromatic ring is 1. The van der Waals surface area contributed by atoms with E-state index in [1.807, 2.05) is 29.9 Å². The fourth-order valence-corrected chi connectivity index (χ4v) is 1.86. The number of imidazole rings is 1. The third-order valence-electron chi connectivity index (χ3n) is 1.78. The molecule has 0 amide bonds. The molecule has 0 saturated carbocycles. The van der Waals surface area contributed by atoms with Crippen LogP contribution in [0, 0.1) is 0 Å². The summed E-state index contributed by atoms with van der Waals surface area (Å²) >= 11 is 1.51. The van der Waals surface area contributed by atoms with E-state index in [2.05, 4.69) is 9.97 Å². The fraction of sp³-hybridized carbons (Fsp3) is 0.111. The van der Waals surface area contributed by atoms with Crippen LogP contribution in [-0.2, 0) is 7.05 Å². The quantitative estimate of drug-likeness (QED) is 0.810. The van der Waals surface area contributed by atoms with E-state index in [-0.39, 0.29) is 0 Å². The lowest BCUT2D eigenvalue weighted by atomic mass is 10.5. The van der Waals surface area contributed by atoms with Gasteiger partial charge in [-0.2, -0.15) is 0 Å². The maximum atomic E-state index is 5.72. The van der Waals surface area contributed by atoms with Crippen molar-refractivity contribution in [2.75, 3.05) is 5.73 Å². The van der Waals surface area contributed by atoms with Crippen LogP contribution in [0.4, 0.5) is 5.82 Å². The summed E-state index contributed by atoms with van der Waals surface area (Å²) in [5, 5.41) is 0.907. The Bertz CT molecular complexity index is 438. The number of hydrogen-bond acceptors (Lipinski definition) is 4. The van der Waals surface area contributed by atoms with Gasteiger partial charge in [0.2, 0.25) is 0 Å². The second-order valence-corrected chi connectivity index (χ2v) is 3.82. The first-order valence-corrected chi connectivity index (χ1v) is 4.94. The van der Waals surface area contributed by atoms with Crippen molar-refractivity contribution in [1.82, 2.24) is 14.5 Å². The summed E-state index contributed by atoms with van der Waals surface area (Å²) in [6.07, 6.45) is 5.33. The lowest BCUT2D eigenvalue weighted by Crippen LogP contribution is -1.94. The largest absolute Gasteiger partial charge is 0.383 e. The van der Waals surface area contributed by atoms with Crippen molar-refractivity contribution in [2.45, 2.75) is 10.1 Å². The van der Waals surface area contributed by atoms with Crippen LogP contribution in [0.2, 0.25) is 0 Å². The van der Waals surface area contributed by atoms with Crippen LogP contribution in [0.5, 0.6) is 0 Å². The number of rotatable bonds is 2. The van der Waals surface area contributed by atoms with Crippen molar-refractivity contribution in [3.8, 4) is 0 Å². The molecule has 0 saturated heterocycles. The molecule has 0 radical (unpaired) electrons. The minimum Gasteiger partial charge on any atom is -0.383 e. The first-order chi connectivity index (χ1) is 6.77. The van der Waals surface area contributed by atoms with E-state index < -0.39 is 0 Å². The van der Waals surface area contributed by atoms with Crippen molar-refractivity contribution in [3.05, 3.63) is 30.7 Å². The van der Waals surface area contributed by atoms with Crippen molar-refractivity contribution in [2.24, 2.45) is 7.05 Å². The highest BCUT2D eigenvalue weighted by atomic mass is 32.2. The van der Waals surface area contributed by atoms with E-state index in [0.717, 1.165) is 10.1 Å². The molecule has 0 bridgehead atoms. The maximum absolute atomic E-state index is 5.72. The molecule has 0 fully saturated rings. The zero-order chi connectivity index (χ0) is 9.97. The van der Waals surface area contributed by atoms with Crippen LogP contribution in [0.15, 0.2) is 40.8 Å². The Morgan fingerprint density at radius 2 is 2.21 bits per heavy atom. The average molecular weight is 206 g/mol. The zero-order valence-corrected chi connectivity index (χ0v) is 8.53. The molecule has 0 aliphatic heterocycles. The molecule has 0 aliphatic carbocycles. The molecule has 5 heteroatoms. The molecule has 72 valence electrons. The highest BCUT2D eigenvalue weighted by Crippen LogP contribution is 2.28. The van der Waals surface area contributed by atoms with Gasteiger partial charge >= 0.3 is 0 Å². The smallest absolute Gasteiger partial charge is 0.172 e. The number of aryl methyl sites for hydroxylation is 1. The lowest BCUT2D eigenvalue weighted by molar-refractivity contribution is 0.790. The molecular weight excluding hydrogens is 196 g/mol. The molecule has 2 aromatic rings. The summed E-state index contributed by atoms with van der Waals surface area (Å²) in [7, 11) is 1.95. The normalized spacial score (nSPS) is 10.4. The van der Waals surface area contributed by atoms with Gasteiger partial charge in [-0.3, -0.25) is 0 Å².